The number of aryl methyl sites for hydroxylation is 1. The highest BCUT2D eigenvalue weighted by molar-refractivity contribution is 5.90. The van der Waals surface area contributed by atoms with E-state index >= 15 is 0 Å². The van der Waals surface area contributed by atoms with E-state index in [1.807, 2.05) is 0 Å². The van der Waals surface area contributed by atoms with Crippen LogP contribution in [0, 0.1) is 24.6 Å². The predicted molar refractivity (Wildman–Crippen MR) is 76.6 cm³/mol. The number of carbonyl (C=O) groups is 2. The summed E-state index contributed by atoms with van der Waals surface area (Å²) in [6.07, 6.45) is 2.36. The van der Waals surface area contributed by atoms with Crippen molar-refractivity contribution in [1.29, 1.82) is 0 Å². The van der Waals surface area contributed by atoms with E-state index in [4.69, 9.17) is 5.11 Å². The summed E-state index contributed by atoms with van der Waals surface area (Å²) in [6, 6.07) is 3.72. The van der Waals surface area contributed by atoms with Crippen molar-refractivity contribution in [3.8, 4) is 0 Å². The first-order valence-electron chi connectivity index (χ1n) is 7.01. The Morgan fingerprint density at radius 1 is 1.38 bits per heavy atom. The van der Waals surface area contributed by atoms with Crippen LogP contribution < -0.4 is 10.6 Å². The molecule has 1 aromatic carbocycles. The number of anilines is 1. The zero-order valence-corrected chi connectivity index (χ0v) is 11.9. The molecule has 21 heavy (non-hydrogen) atoms. The maximum Gasteiger partial charge on any atom is 0.319 e. The van der Waals surface area contributed by atoms with Crippen LogP contribution in [0.5, 0.6) is 0 Å². The minimum absolute atomic E-state index is 0.0254. The molecule has 0 saturated heterocycles. The summed E-state index contributed by atoms with van der Waals surface area (Å²) in [5.74, 6) is -1.55. The van der Waals surface area contributed by atoms with Gasteiger partial charge < -0.3 is 15.7 Å². The van der Waals surface area contributed by atoms with Gasteiger partial charge in [0, 0.05) is 12.2 Å². The molecule has 2 rings (SSSR count). The summed E-state index contributed by atoms with van der Waals surface area (Å²) < 4.78 is 13.0. The molecule has 0 bridgehead atoms. The molecule has 1 fully saturated rings. The van der Waals surface area contributed by atoms with Gasteiger partial charge in [0.15, 0.2) is 0 Å². The molecule has 0 aromatic heterocycles. The molecule has 2 atom stereocenters. The second kappa shape index (κ2) is 6.56. The number of nitrogens with one attached hydrogen (secondary N) is 2. The summed E-state index contributed by atoms with van der Waals surface area (Å²) in [6.45, 7) is 2.04. The molecule has 0 radical (unpaired) electrons. The van der Waals surface area contributed by atoms with Crippen LogP contribution >= 0.6 is 0 Å². The van der Waals surface area contributed by atoms with Gasteiger partial charge in [-0.3, -0.25) is 4.79 Å². The Morgan fingerprint density at radius 3 is 2.81 bits per heavy atom. The second-order valence-electron chi connectivity index (χ2n) is 5.43. The number of halogens is 1. The molecule has 0 spiro atoms. The topological polar surface area (TPSA) is 78.4 Å². The summed E-state index contributed by atoms with van der Waals surface area (Å²) in [4.78, 5) is 22.9. The van der Waals surface area contributed by atoms with E-state index in [0.29, 0.717) is 24.2 Å². The maximum atomic E-state index is 13.0. The Bertz CT molecular complexity index is 548. The van der Waals surface area contributed by atoms with Crippen molar-refractivity contribution in [3.63, 3.8) is 0 Å². The zero-order valence-electron chi connectivity index (χ0n) is 11.9. The van der Waals surface area contributed by atoms with E-state index in [9.17, 15) is 14.0 Å². The van der Waals surface area contributed by atoms with Gasteiger partial charge in [-0.2, -0.15) is 0 Å². The van der Waals surface area contributed by atoms with Crippen molar-refractivity contribution in [2.45, 2.75) is 26.2 Å². The van der Waals surface area contributed by atoms with Gasteiger partial charge in [-0.25, -0.2) is 9.18 Å². The van der Waals surface area contributed by atoms with E-state index in [2.05, 4.69) is 10.6 Å². The molecule has 6 heteroatoms. The third kappa shape index (κ3) is 3.93. The largest absolute Gasteiger partial charge is 0.481 e. The van der Waals surface area contributed by atoms with Crippen molar-refractivity contribution in [1.82, 2.24) is 5.32 Å². The summed E-state index contributed by atoms with van der Waals surface area (Å²) >= 11 is 0. The number of urea groups is 1. The molecule has 3 N–H and O–H groups in total. The van der Waals surface area contributed by atoms with Crippen LogP contribution in [0.4, 0.5) is 14.9 Å². The molecular weight excluding hydrogens is 275 g/mol. The molecule has 1 aliphatic carbocycles. The number of carboxylic acids is 1. The zero-order chi connectivity index (χ0) is 15.4. The number of aliphatic carboxylic acids is 1. The van der Waals surface area contributed by atoms with Gasteiger partial charge in [-0.05, 0) is 49.4 Å². The molecule has 1 aliphatic rings. The number of hydrogen-bond donors (Lipinski definition) is 3. The number of carbonyl (C=O) groups excluding carboxylic acids is 1. The van der Waals surface area contributed by atoms with Crippen molar-refractivity contribution >= 4 is 17.7 Å². The van der Waals surface area contributed by atoms with E-state index in [0.717, 1.165) is 12.8 Å². The summed E-state index contributed by atoms with van der Waals surface area (Å²) in [7, 11) is 0. The van der Waals surface area contributed by atoms with E-state index in [1.54, 1.807) is 6.92 Å². The summed E-state index contributed by atoms with van der Waals surface area (Å²) in [5, 5.41) is 14.4. The highest BCUT2D eigenvalue weighted by Crippen LogP contribution is 2.31. The Morgan fingerprint density at radius 2 is 2.14 bits per heavy atom. The van der Waals surface area contributed by atoms with Crippen LogP contribution in [-0.2, 0) is 4.79 Å². The number of amides is 2. The van der Waals surface area contributed by atoms with Crippen LogP contribution in [0.1, 0.15) is 24.8 Å². The Kier molecular flexibility index (Phi) is 4.77. The van der Waals surface area contributed by atoms with Crippen LogP contribution in [0.2, 0.25) is 0 Å². The normalized spacial score (nSPS) is 21.0. The van der Waals surface area contributed by atoms with Gasteiger partial charge in [0.25, 0.3) is 0 Å². The Balaban J connectivity index is 1.86. The van der Waals surface area contributed by atoms with E-state index < -0.39 is 12.0 Å². The summed E-state index contributed by atoms with van der Waals surface area (Å²) in [5.41, 5.74) is 1.17. The lowest BCUT2D eigenvalue weighted by Crippen LogP contribution is -2.35. The molecule has 0 aliphatic heterocycles. The minimum atomic E-state index is -0.797. The monoisotopic (exact) mass is 294 g/mol. The van der Waals surface area contributed by atoms with Crippen molar-refractivity contribution in [2.75, 3.05) is 11.9 Å². The molecule has 2 amide bonds. The smallest absolute Gasteiger partial charge is 0.319 e. The lowest BCUT2D eigenvalue weighted by Gasteiger charge is -2.17. The lowest BCUT2D eigenvalue weighted by molar-refractivity contribution is -0.142. The molecule has 2 unspecified atom stereocenters. The van der Waals surface area contributed by atoms with Crippen molar-refractivity contribution in [2.24, 2.45) is 11.8 Å². The second-order valence-corrected chi connectivity index (χ2v) is 5.43. The number of carboxylic acid groups (broad SMARTS) is 1. The first-order valence-corrected chi connectivity index (χ1v) is 7.01. The highest BCUT2D eigenvalue weighted by Gasteiger charge is 2.32. The van der Waals surface area contributed by atoms with E-state index in [1.165, 1.54) is 18.2 Å². The van der Waals surface area contributed by atoms with Gasteiger partial charge in [-0.15, -0.1) is 0 Å². The van der Waals surface area contributed by atoms with Crippen LogP contribution in [0.25, 0.3) is 0 Å². The maximum absolute atomic E-state index is 13.0. The van der Waals surface area contributed by atoms with Crippen LogP contribution in [-0.4, -0.2) is 23.7 Å². The lowest BCUT2D eigenvalue weighted by atomic mass is 9.96. The van der Waals surface area contributed by atoms with Gasteiger partial charge in [0.05, 0.1) is 5.92 Å². The highest BCUT2D eigenvalue weighted by atomic mass is 19.1. The molecular formula is C15H19FN2O3. The number of hydrogen-bond acceptors (Lipinski definition) is 2. The molecule has 114 valence electrons. The fraction of sp³-hybridized carbons (Fsp3) is 0.467. The van der Waals surface area contributed by atoms with Crippen molar-refractivity contribution in [3.05, 3.63) is 29.6 Å². The molecule has 1 aromatic rings. The minimum Gasteiger partial charge on any atom is -0.481 e. The molecule has 5 nitrogen and oxygen atoms in total. The third-order valence-corrected chi connectivity index (χ3v) is 3.94. The Labute approximate surface area is 122 Å². The Hall–Kier alpha value is -2.11. The molecule has 0 heterocycles. The van der Waals surface area contributed by atoms with Crippen LogP contribution in [0.3, 0.4) is 0 Å². The van der Waals surface area contributed by atoms with Gasteiger partial charge in [-0.1, -0.05) is 6.42 Å². The fourth-order valence-electron chi connectivity index (χ4n) is 2.76. The SMILES string of the molecule is Cc1cc(F)ccc1NC(=O)NCC1CCCC1C(=O)O. The van der Waals surface area contributed by atoms with Gasteiger partial charge >= 0.3 is 12.0 Å². The average Bonchev–Trinajstić information content (AvgIpc) is 2.88. The van der Waals surface area contributed by atoms with Gasteiger partial charge in [0.2, 0.25) is 0 Å². The van der Waals surface area contributed by atoms with Crippen LogP contribution in [0.15, 0.2) is 18.2 Å². The quantitative estimate of drug-likeness (QED) is 0.799. The standard InChI is InChI=1S/C15H19FN2O3/c1-9-7-11(16)5-6-13(9)18-15(21)17-8-10-3-2-4-12(10)14(19)20/h5-7,10,12H,2-4,8H2,1H3,(H,19,20)(H2,17,18,21). The first kappa shape index (κ1) is 15.3. The number of rotatable bonds is 4. The predicted octanol–water partition coefficient (Wildman–Crippen LogP) is 2.76. The van der Waals surface area contributed by atoms with Crippen molar-refractivity contribution < 1.29 is 19.1 Å². The molecule has 1 saturated carbocycles. The average molecular weight is 294 g/mol. The fourth-order valence-corrected chi connectivity index (χ4v) is 2.76. The van der Waals surface area contributed by atoms with E-state index in [-0.39, 0.29) is 17.7 Å². The van der Waals surface area contributed by atoms with Gasteiger partial charge in [0.1, 0.15) is 5.82 Å². The third-order valence-electron chi connectivity index (χ3n) is 3.94. The number of benzene rings is 1. The first-order chi connectivity index (χ1) is 9.97.